The van der Waals surface area contributed by atoms with Crippen LogP contribution in [-0.2, 0) is 9.59 Å². The maximum absolute atomic E-state index is 13.3. The van der Waals surface area contributed by atoms with Crippen molar-refractivity contribution >= 4 is 40.6 Å². The van der Waals surface area contributed by atoms with E-state index in [1.165, 1.54) is 9.91 Å². The molecule has 0 radical (unpaired) electrons. The van der Waals surface area contributed by atoms with E-state index in [1.54, 1.807) is 60.9 Å². The lowest BCUT2D eigenvalue weighted by molar-refractivity contribution is -0.138. The molecule has 4 heterocycles. The number of para-hydroxylation sites is 1. The van der Waals surface area contributed by atoms with Crippen LogP contribution in [0.15, 0.2) is 75.8 Å². The van der Waals surface area contributed by atoms with Crippen molar-refractivity contribution in [2.45, 2.75) is 25.4 Å². The highest BCUT2D eigenvalue weighted by Crippen LogP contribution is 2.34. The van der Waals surface area contributed by atoms with Crippen molar-refractivity contribution in [2.75, 3.05) is 11.4 Å². The van der Waals surface area contributed by atoms with Gasteiger partial charge in [-0.2, -0.15) is 5.10 Å². The summed E-state index contributed by atoms with van der Waals surface area (Å²) in [5.41, 5.74) is 1.38. The number of amides is 4. The molecule has 2 aliphatic rings. The highest BCUT2D eigenvalue weighted by molar-refractivity contribution is 7.12. The predicted octanol–water partition coefficient (Wildman–Crippen LogP) is 3.88. The Morgan fingerprint density at radius 2 is 1.94 bits per heavy atom. The molecule has 8 nitrogen and oxygen atoms in total. The number of hydrogen-bond acceptors (Lipinski definition) is 6. The first-order valence-corrected chi connectivity index (χ1v) is 11.1. The zero-order valence-electron chi connectivity index (χ0n) is 17.2. The van der Waals surface area contributed by atoms with Gasteiger partial charge in [0.25, 0.3) is 11.8 Å². The van der Waals surface area contributed by atoms with E-state index >= 15 is 0 Å². The summed E-state index contributed by atoms with van der Waals surface area (Å²) in [6, 6.07) is 14.8. The lowest BCUT2D eigenvalue weighted by Gasteiger charge is -2.22. The summed E-state index contributed by atoms with van der Waals surface area (Å²) >= 11 is 1.54. The Hall–Kier alpha value is -3.72. The van der Waals surface area contributed by atoms with Crippen molar-refractivity contribution in [1.29, 1.82) is 0 Å². The molecule has 4 amide bonds. The minimum Gasteiger partial charge on any atom is -0.467 e. The molecule has 3 aromatic rings. The number of carbonyl (C=O) groups excluding carboxylic acids is 3. The molecule has 32 heavy (non-hydrogen) atoms. The number of nitrogens with zero attached hydrogens (tertiary/aromatic N) is 4. The monoisotopic (exact) mass is 448 g/mol. The first kappa shape index (κ1) is 20.2. The van der Waals surface area contributed by atoms with E-state index in [-0.39, 0.29) is 6.54 Å². The number of rotatable bonds is 5. The average molecular weight is 449 g/mol. The maximum Gasteiger partial charge on any atom is 0.332 e. The van der Waals surface area contributed by atoms with E-state index in [2.05, 4.69) is 5.10 Å². The van der Waals surface area contributed by atoms with Gasteiger partial charge in [0.05, 0.1) is 16.9 Å². The predicted molar refractivity (Wildman–Crippen MR) is 119 cm³/mol. The van der Waals surface area contributed by atoms with Gasteiger partial charge in [0.1, 0.15) is 24.4 Å². The number of hydrogen-bond donors (Lipinski definition) is 0. The number of carbonyl (C=O) groups is 3. The van der Waals surface area contributed by atoms with E-state index in [9.17, 15) is 14.4 Å². The van der Waals surface area contributed by atoms with E-state index < -0.39 is 29.9 Å². The topological polar surface area (TPSA) is 86.4 Å². The molecule has 9 heteroatoms. The van der Waals surface area contributed by atoms with Crippen molar-refractivity contribution in [1.82, 2.24) is 9.91 Å². The fourth-order valence-corrected chi connectivity index (χ4v) is 4.76. The normalized spacial score (nSPS) is 20.9. The minimum absolute atomic E-state index is 0.385. The average Bonchev–Trinajstić information content (AvgIpc) is 3.59. The molecular weight excluding hydrogens is 428 g/mol. The molecule has 2 atom stereocenters. The van der Waals surface area contributed by atoms with Gasteiger partial charge in [0.15, 0.2) is 0 Å². The number of hydrazone groups is 1. The van der Waals surface area contributed by atoms with Crippen molar-refractivity contribution in [3.63, 3.8) is 0 Å². The van der Waals surface area contributed by atoms with Crippen LogP contribution in [0.3, 0.4) is 0 Å². The van der Waals surface area contributed by atoms with Crippen LogP contribution in [0.25, 0.3) is 0 Å². The van der Waals surface area contributed by atoms with Gasteiger partial charge < -0.3 is 4.42 Å². The summed E-state index contributed by atoms with van der Waals surface area (Å²) in [5, 5.41) is 7.83. The van der Waals surface area contributed by atoms with E-state index in [0.717, 1.165) is 15.5 Å². The fourth-order valence-electron chi connectivity index (χ4n) is 4.04. The highest BCUT2D eigenvalue weighted by atomic mass is 32.1. The smallest absolute Gasteiger partial charge is 0.332 e. The number of thiophene rings is 1. The van der Waals surface area contributed by atoms with Crippen LogP contribution in [0.1, 0.15) is 30.0 Å². The number of anilines is 1. The second-order valence-corrected chi connectivity index (χ2v) is 8.53. The van der Waals surface area contributed by atoms with Gasteiger partial charge in [0.2, 0.25) is 0 Å². The Morgan fingerprint density at radius 1 is 1.12 bits per heavy atom. The number of benzene rings is 1. The van der Waals surface area contributed by atoms with Crippen LogP contribution in [0.2, 0.25) is 0 Å². The van der Waals surface area contributed by atoms with Gasteiger partial charge >= 0.3 is 6.03 Å². The molecule has 2 aliphatic heterocycles. The zero-order chi connectivity index (χ0) is 22.2. The molecule has 0 spiro atoms. The third-order valence-electron chi connectivity index (χ3n) is 5.62. The summed E-state index contributed by atoms with van der Waals surface area (Å²) in [6.45, 7) is 1.27. The van der Waals surface area contributed by atoms with E-state index in [4.69, 9.17) is 4.42 Å². The summed E-state index contributed by atoms with van der Waals surface area (Å²) in [5.74, 6) is -0.253. The second-order valence-electron chi connectivity index (χ2n) is 7.59. The van der Waals surface area contributed by atoms with Crippen molar-refractivity contribution in [2.24, 2.45) is 5.10 Å². The maximum atomic E-state index is 13.3. The molecule has 5 rings (SSSR count). The molecule has 1 saturated heterocycles. The molecule has 162 valence electrons. The van der Waals surface area contributed by atoms with Gasteiger partial charge in [-0.3, -0.25) is 19.4 Å². The van der Waals surface area contributed by atoms with Gasteiger partial charge in [0, 0.05) is 12.1 Å². The summed E-state index contributed by atoms with van der Waals surface area (Å²) < 4.78 is 5.55. The molecule has 2 unspecified atom stereocenters. The van der Waals surface area contributed by atoms with Gasteiger partial charge in [-0.05, 0) is 42.6 Å². The Balaban J connectivity index is 1.40. The Morgan fingerprint density at radius 3 is 2.62 bits per heavy atom. The van der Waals surface area contributed by atoms with Crippen LogP contribution in [-0.4, -0.2) is 46.1 Å². The molecule has 0 N–H and O–H groups in total. The highest BCUT2D eigenvalue weighted by Gasteiger charge is 2.45. The molecule has 1 fully saturated rings. The fraction of sp³-hybridized carbons (Fsp3) is 0.217. The van der Waals surface area contributed by atoms with Crippen molar-refractivity contribution in [3.8, 4) is 0 Å². The van der Waals surface area contributed by atoms with Crippen LogP contribution in [0.5, 0.6) is 0 Å². The van der Waals surface area contributed by atoms with Crippen LogP contribution in [0, 0.1) is 0 Å². The third kappa shape index (κ3) is 3.40. The first-order valence-electron chi connectivity index (χ1n) is 10.2. The second kappa shape index (κ2) is 8.08. The number of imide groups is 1. The first-order chi connectivity index (χ1) is 15.5. The Bertz CT molecular complexity index is 1170. The van der Waals surface area contributed by atoms with Gasteiger partial charge in [-0.1, -0.05) is 24.3 Å². The summed E-state index contributed by atoms with van der Waals surface area (Å²) in [4.78, 5) is 42.5. The zero-order valence-corrected chi connectivity index (χ0v) is 18.1. The molecule has 0 aliphatic carbocycles. The third-order valence-corrected chi connectivity index (χ3v) is 6.54. The van der Waals surface area contributed by atoms with Crippen LogP contribution < -0.4 is 4.90 Å². The standard InChI is InChI=1S/C23H20N4O4S/c1-15-22(29)25(23(30)26(15)16-7-3-2-4-8-16)14-21(28)27-18(19-9-5-11-31-19)13-17(24-27)20-10-6-12-32-20/h2-12,15,18H,13-14H2,1H3. The lowest BCUT2D eigenvalue weighted by Crippen LogP contribution is -2.42. The van der Waals surface area contributed by atoms with Crippen LogP contribution >= 0.6 is 11.3 Å². The van der Waals surface area contributed by atoms with Gasteiger partial charge in [-0.15, -0.1) is 11.3 Å². The summed E-state index contributed by atoms with van der Waals surface area (Å²) in [7, 11) is 0. The number of furan rings is 1. The number of urea groups is 1. The SMILES string of the molecule is CC1C(=O)N(CC(=O)N2N=C(c3cccs3)CC2c2ccco2)C(=O)N1c1ccccc1. The quantitative estimate of drug-likeness (QED) is 0.555. The Kier molecular flexibility index (Phi) is 5.10. The molecule has 2 aromatic heterocycles. The van der Waals surface area contributed by atoms with Gasteiger partial charge in [-0.25, -0.2) is 9.80 Å². The molecular formula is C23H20N4O4S. The summed E-state index contributed by atoms with van der Waals surface area (Å²) in [6.07, 6.45) is 2.04. The largest absolute Gasteiger partial charge is 0.467 e. The molecule has 0 bridgehead atoms. The lowest BCUT2D eigenvalue weighted by atomic mass is 10.1. The molecule has 1 aromatic carbocycles. The van der Waals surface area contributed by atoms with E-state index in [0.29, 0.717) is 17.9 Å². The minimum atomic E-state index is -0.692. The molecule has 0 saturated carbocycles. The van der Waals surface area contributed by atoms with Crippen molar-refractivity contribution in [3.05, 3.63) is 76.9 Å². The Labute approximate surface area is 188 Å². The van der Waals surface area contributed by atoms with Crippen LogP contribution in [0.4, 0.5) is 10.5 Å². The van der Waals surface area contributed by atoms with E-state index in [1.807, 2.05) is 23.6 Å². The van der Waals surface area contributed by atoms with Crippen molar-refractivity contribution < 1.29 is 18.8 Å².